The second kappa shape index (κ2) is 14.7. The molecule has 4 aromatic rings. The van der Waals surface area contributed by atoms with E-state index >= 15 is 0 Å². The van der Waals surface area contributed by atoms with Crippen molar-refractivity contribution in [1.82, 2.24) is 0 Å². The predicted octanol–water partition coefficient (Wildman–Crippen LogP) is 5.45. The molecule has 0 bridgehead atoms. The SMILES string of the molecule is O=C(O)c1ccc(COO)c(CONc2ccc(Cc3ccc(NC(=O)c4cc(COO)ccc4C(=O)O)cc3)cc2)c1. The van der Waals surface area contributed by atoms with Crippen molar-refractivity contribution in [2.45, 2.75) is 26.2 Å². The number of carbonyl (C=O) groups is 3. The third kappa shape index (κ3) is 8.45. The van der Waals surface area contributed by atoms with Crippen LogP contribution in [-0.4, -0.2) is 38.6 Å². The van der Waals surface area contributed by atoms with Gasteiger partial charge in [-0.15, -0.1) is 0 Å². The molecular formula is C31H28N2O10. The molecule has 0 aliphatic rings. The summed E-state index contributed by atoms with van der Waals surface area (Å²) in [5.41, 5.74) is 7.38. The first-order chi connectivity index (χ1) is 20.8. The summed E-state index contributed by atoms with van der Waals surface area (Å²) in [6, 6.07) is 23.1. The molecule has 4 rings (SSSR count). The first kappa shape index (κ1) is 30.8. The van der Waals surface area contributed by atoms with Crippen LogP contribution >= 0.6 is 0 Å². The first-order valence-electron chi connectivity index (χ1n) is 12.9. The lowest BCUT2D eigenvalue weighted by Crippen LogP contribution is -2.17. The number of carboxylic acids is 2. The molecule has 222 valence electrons. The summed E-state index contributed by atoms with van der Waals surface area (Å²) in [7, 11) is 0. The van der Waals surface area contributed by atoms with Gasteiger partial charge in [-0.2, -0.15) is 0 Å². The van der Waals surface area contributed by atoms with Gasteiger partial charge in [0, 0.05) is 5.69 Å². The standard InChI is InChI=1S/C31H28N2O10/c34-29(28-14-21(16-42-39)5-12-27(28)31(37)38)32-25-8-1-19(2-9-25)13-20-3-10-26(11-4-20)33-41-17-24-15-22(30(35)36)6-7-23(24)18-43-40/h1-12,14-15,33,39-40H,13,16-18H2,(H,32,34)(H,35,36)(H,37,38). The number of amides is 1. The number of aromatic carboxylic acids is 2. The molecule has 0 spiro atoms. The van der Waals surface area contributed by atoms with Crippen LogP contribution in [0.3, 0.4) is 0 Å². The van der Waals surface area contributed by atoms with Crippen LogP contribution in [0.5, 0.6) is 0 Å². The van der Waals surface area contributed by atoms with Gasteiger partial charge in [-0.25, -0.2) is 19.4 Å². The van der Waals surface area contributed by atoms with Gasteiger partial charge >= 0.3 is 11.9 Å². The predicted molar refractivity (Wildman–Crippen MR) is 154 cm³/mol. The third-order valence-electron chi connectivity index (χ3n) is 6.46. The molecule has 0 atom stereocenters. The lowest BCUT2D eigenvalue weighted by molar-refractivity contribution is -0.253. The smallest absolute Gasteiger partial charge is 0.336 e. The first-order valence-corrected chi connectivity index (χ1v) is 12.9. The van der Waals surface area contributed by atoms with Gasteiger partial charge in [0.15, 0.2) is 0 Å². The number of anilines is 2. The van der Waals surface area contributed by atoms with Crippen LogP contribution in [0.1, 0.15) is 58.9 Å². The minimum atomic E-state index is -1.25. The number of carbonyl (C=O) groups excluding carboxylic acids is 1. The van der Waals surface area contributed by atoms with Gasteiger partial charge in [-0.05, 0) is 82.8 Å². The normalized spacial score (nSPS) is 10.7. The highest BCUT2D eigenvalue weighted by atomic mass is 17.1. The monoisotopic (exact) mass is 588 g/mol. The maximum absolute atomic E-state index is 12.8. The molecule has 0 aliphatic heterocycles. The molecule has 0 aliphatic carbocycles. The van der Waals surface area contributed by atoms with Crippen molar-refractivity contribution in [3.8, 4) is 0 Å². The quantitative estimate of drug-likeness (QED) is 0.0813. The van der Waals surface area contributed by atoms with Crippen LogP contribution < -0.4 is 10.8 Å². The van der Waals surface area contributed by atoms with Crippen LogP contribution in [0.15, 0.2) is 84.9 Å². The van der Waals surface area contributed by atoms with E-state index in [0.29, 0.717) is 34.5 Å². The van der Waals surface area contributed by atoms with Crippen LogP contribution in [0.25, 0.3) is 0 Å². The average molecular weight is 589 g/mol. The Morgan fingerprint density at radius 3 is 1.84 bits per heavy atom. The summed E-state index contributed by atoms with van der Waals surface area (Å²) in [6.07, 6.45) is 0.605. The third-order valence-corrected chi connectivity index (χ3v) is 6.46. The van der Waals surface area contributed by atoms with Gasteiger partial charge in [-0.3, -0.25) is 25.6 Å². The minimum Gasteiger partial charge on any atom is -0.478 e. The highest BCUT2D eigenvalue weighted by Crippen LogP contribution is 2.20. The Labute approximate surface area is 245 Å². The Balaban J connectivity index is 1.33. The Hall–Kier alpha value is -5.11. The van der Waals surface area contributed by atoms with Crippen LogP contribution in [0, 0.1) is 0 Å². The van der Waals surface area contributed by atoms with Crippen molar-refractivity contribution in [2.24, 2.45) is 0 Å². The summed E-state index contributed by atoms with van der Waals surface area (Å²) in [4.78, 5) is 49.5. The molecule has 12 nitrogen and oxygen atoms in total. The molecule has 0 saturated heterocycles. The van der Waals surface area contributed by atoms with Gasteiger partial charge in [0.05, 0.1) is 22.4 Å². The van der Waals surface area contributed by atoms with E-state index in [9.17, 15) is 24.6 Å². The molecule has 1 amide bonds. The fourth-order valence-corrected chi connectivity index (χ4v) is 4.26. The number of nitrogens with one attached hydrogen (secondary N) is 2. The van der Waals surface area contributed by atoms with Gasteiger partial charge in [0.25, 0.3) is 5.91 Å². The van der Waals surface area contributed by atoms with E-state index in [4.69, 9.17) is 15.4 Å². The molecule has 0 heterocycles. The average Bonchev–Trinajstić information content (AvgIpc) is 3.00. The van der Waals surface area contributed by atoms with Crippen molar-refractivity contribution >= 4 is 29.2 Å². The number of rotatable bonds is 14. The molecule has 0 saturated carbocycles. The summed E-state index contributed by atoms with van der Waals surface area (Å²) in [5, 5.41) is 38.8. The summed E-state index contributed by atoms with van der Waals surface area (Å²) in [6.45, 7) is -0.268. The number of carboxylic acid groups (broad SMARTS) is 2. The van der Waals surface area contributed by atoms with E-state index in [1.54, 1.807) is 18.2 Å². The second-order valence-corrected chi connectivity index (χ2v) is 9.44. The van der Waals surface area contributed by atoms with E-state index in [-0.39, 0.29) is 36.5 Å². The molecule has 0 aromatic heterocycles. The Morgan fingerprint density at radius 2 is 1.23 bits per heavy atom. The lowest BCUT2D eigenvalue weighted by atomic mass is 10.0. The topological polar surface area (TPSA) is 184 Å². The Kier molecular flexibility index (Phi) is 10.5. The van der Waals surface area contributed by atoms with E-state index < -0.39 is 17.8 Å². The van der Waals surface area contributed by atoms with E-state index in [1.807, 2.05) is 36.4 Å². The molecule has 0 fully saturated rings. The summed E-state index contributed by atoms with van der Waals surface area (Å²) >= 11 is 0. The van der Waals surface area contributed by atoms with Crippen molar-refractivity contribution in [3.63, 3.8) is 0 Å². The van der Waals surface area contributed by atoms with Gasteiger partial charge in [0.2, 0.25) is 0 Å². The second-order valence-electron chi connectivity index (χ2n) is 9.44. The Morgan fingerprint density at radius 1 is 0.605 bits per heavy atom. The van der Waals surface area contributed by atoms with Crippen molar-refractivity contribution in [2.75, 3.05) is 10.8 Å². The molecule has 12 heteroatoms. The minimum absolute atomic E-state index is 0.0323. The lowest BCUT2D eigenvalue weighted by Gasteiger charge is -2.12. The number of hydrogen-bond donors (Lipinski definition) is 6. The fourth-order valence-electron chi connectivity index (χ4n) is 4.26. The zero-order valence-electron chi connectivity index (χ0n) is 22.6. The van der Waals surface area contributed by atoms with Crippen LogP contribution in [0.2, 0.25) is 0 Å². The molecular weight excluding hydrogens is 560 g/mol. The number of benzene rings is 4. The zero-order chi connectivity index (χ0) is 30.8. The van der Waals surface area contributed by atoms with Gasteiger partial charge in [-0.1, -0.05) is 36.4 Å². The molecule has 43 heavy (non-hydrogen) atoms. The highest BCUT2D eigenvalue weighted by Gasteiger charge is 2.18. The highest BCUT2D eigenvalue weighted by molar-refractivity contribution is 6.10. The van der Waals surface area contributed by atoms with E-state index in [1.165, 1.54) is 30.3 Å². The van der Waals surface area contributed by atoms with Crippen LogP contribution in [-0.2, 0) is 40.9 Å². The van der Waals surface area contributed by atoms with E-state index in [2.05, 4.69) is 20.6 Å². The maximum atomic E-state index is 12.8. The zero-order valence-corrected chi connectivity index (χ0v) is 22.6. The maximum Gasteiger partial charge on any atom is 0.336 e. The van der Waals surface area contributed by atoms with Gasteiger partial charge in [0.1, 0.15) is 19.8 Å². The van der Waals surface area contributed by atoms with Crippen molar-refractivity contribution < 1.29 is 49.7 Å². The Bertz CT molecular complexity index is 1590. The van der Waals surface area contributed by atoms with Gasteiger partial charge < -0.3 is 15.5 Å². The number of hydrogen-bond acceptors (Lipinski definition) is 9. The molecule has 0 radical (unpaired) electrons. The summed E-state index contributed by atoms with van der Waals surface area (Å²) in [5.74, 6) is -2.94. The fraction of sp³-hybridized carbons (Fsp3) is 0.129. The van der Waals surface area contributed by atoms with Crippen molar-refractivity contribution in [3.05, 3.63) is 129 Å². The van der Waals surface area contributed by atoms with Crippen molar-refractivity contribution in [1.29, 1.82) is 0 Å². The van der Waals surface area contributed by atoms with Crippen LogP contribution in [0.4, 0.5) is 11.4 Å². The van der Waals surface area contributed by atoms with E-state index in [0.717, 1.165) is 11.1 Å². The molecule has 6 N–H and O–H groups in total. The largest absolute Gasteiger partial charge is 0.478 e. The molecule has 4 aromatic carbocycles. The molecule has 0 unspecified atom stereocenters. The summed E-state index contributed by atoms with van der Waals surface area (Å²) < 4.78 is 0.